The quantitative estimate of drug-likeness (QED) is 0.0637. The number of rotatable bonds is 15. The Balaban J connectivity index is -0.0000000370. The Morgan fingerprint density at radius 1 is 0.500 bits per heavy atom. The molecule has 0 saturated carbocycles. The van der Waals surface area contributed by atoms with Gasteiger partial charge in [-0.15, -0.1) is 20.2 Å². The Hall–Kier alpha value is -1.56. The van der Waals surface area contributed by atoms with Crippen LogP contribution in [0, 0.1) is 50.9 Å². The predicted molar refractivity (Wildman–Crippen MR) is 151 cm³/mol. The fraction of sp³-hybridized carbons (Fsp3) is 1.00. The van der Waals surface area contributed by atoms with Crippen LogP contribution in [0.1, 0.15) is 51.4 Å². The van der Waals surface area contributed by atoms with Gasteiger partial charge in [-0.05, 0) is 51.9 Å². The average Bonchev–Trinajstić information content (AvgIpc) is 2.80. The zero-order chi connectivity index (χ0) is 31.6. The fourth-order valence-electron chi connectivity index (χ4n) is 1.92. The van der Waals surface area contributed by atoms with Crippen molar-refractivity contribution in [1.29, 1.82) is 0 Å². The first-order valence-electron chi connectivity index (χ1n) is 10.2. The average molecular weight is 1040 g/mol. The van der Waals surface area contributed by atoms with Gasteiger partial charge in [-0.1, -0.05) is 25.7 Å². The summed E-state index contributed by atoms with van der Waals surface area (Å²) in [4.78, 5) is 33.2. The van der Waals surface area contributed by atoms with Gasteiger partial charge in [-0.2, -0.15) is 0 Å². The van der Waals surface area contributed by atoms with Gasteiger partial charge in [-0.25, -0.2) is 0 Å². The molecule has 0 aliphatic heterocycles. The number of halogens is 2. The third-order valence-corrected chi connectivity index (χ3v) is 3.09. The number of hydrogen-bond acceptors (Lipinski definition) is 18. The standard InChI is InChI=1S/C14H34N4.2ClH.2HNO3.2NO3.4H3N.2Pt/c15-9-5-1-3-7-11-17-13-14-18-12-8-4-2-6-10-16;;;4*2-1(3)4;;;;;;/h17-18H,1-16H2;2*1H;2*(H,2,3,4);;;4*1H3;;/q;;;;;2*-1;;;;;2*+2/p-2. The van der Waals surface area contributed by atoms with Crippen LogP contribution in [0.25, 0.3) is 0 Å². The minimum atomic E-state index is -1.75. The third kappa shape index (κ3) is 298. The number of nitrogens with zero attached hydrogens (tertiary/aromatic N) is 4. The molecule has 42 heavy (non-hydrogen) atoms. The van der Waals surface area contributed by atoms with Crippen LogP contribution < -0.4 is 46.7 Å². The van der Waals surface area contributed by atoms with Crippen molar-refractivity contribution in [1.82, 2.24) is 35.2 Å². The first-order valence-corrected chi connectivity index (χ1v) is 15.8. The Kier molecular flexibility index (Phi) is 144. The topological polar surface area (TPSA) is 475 Å². The van der Waals surface area contributed by atoms with Crippen LogP contribution in [0.3, 0.4) is 0 Å². The maximum absolute atomic E-state index is 8.36. The molecule has 0 aromatic carbocycles. The Morgan fingerprint density at radius 3 is 0.833 bits per heavy atom. The molecule has 0 spiro atoms. The Bertz CT molecular complexity index is 413. The summed E-state index contributed by atoms with van der Waals surface area (Å²) in [5, 5.41) is 63.7. The molecule has 0 bridgehead atoms. The Labute approximate surface area is 274 Å². The molecule has 28 heteroatoms. The molecule has 0 saturated heterocycles. The van der Waals surface area contributed by atoms with E-state index in [1.54, 1.807) is 37.5 Å². The molecule has 0 aliphatic carbocycles. The molecule has 24 nitrogen and oxygen atoms in total. The van der Waals surface area contributed by atoms with Crippen molar-refractivity contribution in [2.24, 2.45) is 11.5 Å². The number of hydrogen-bond donors (Lipinski definition) is 10. The molecule has 0 rings (SSSR count). The second kappa shape index (κ2) is 83.4. The maximum atomic E-state index is 8.36. The molecule has 0 atom stereocenters. The summed E-state index contributed by atoms with van der Waals surface area (Å²) >= 11 is 3.22. The first kappa shape index (κ1) is 72.6. The number of nitrogens with one attached hydrogen (secondary N) is 2. The van der Waals surface area contributed by atoms with Crippen molar-refractivity contribution < 1.29 is 68.3 Å². The fourth-order valence-corrected chi connectivity index (χ4v) is 1.92. The minimum absolute atomic E-state index is 0. The van der Waals surface area contributed by atoms with Crippen molar-refractivity contribution in [3.63, 3.8) is 0 Å². The number of unbranched alkanes of at least 4 members (excludes halogenated alkanes) is 6. The van der Waals surface area contributed by atoms with Crippen LogP contribution in [-0.4, -0.2) is 70.0 Å². The molecule has 20 N–H and O–H groups in total. The molecule has 0 heterocycles. The van der Waals surface area contributed by atoms with Gasteiger partial charge in [0.25, 0.3) is 10.2 Å². The van der Waals surface area contributed by atoms with Crippen molar-refractivity contribution >= 4 is 18.8 Å². The third-order valence-electron chi connectivity index (χ3n) is 3.09. The molecular weight excluding hydrogens is 989 g/mol. The summed E-state index contributed by atoms with van der Waals surface area (Å²) in [5.74, 6) is 0. The van der Waals surface area contributed by atoms with Crippen LogP contribution in [0.4, 0.5) is 0 Å². The van der Waals surface area contributed by atoms with Gasteiger partial charge in [0.2, 0.25) is 0 Å². The van der Waals surface area contributed by atoms with E-state index >= 15 is 0 Å². The van der Waals surface area contributed by atoms with E-state index in [1.165, 1.54) is 51.4 Å². The van der Waals surface area contributed by atoms with Crippen molar-refractivity contribution in [2.75, 3.05) is 39.3 Å². The van der Waals surface area contributed by atoms with Gasteiger partial charge in [0.15, 0.2) is 0 Å². The van der Waals surface area contributed by atoms with Crippen LogP contribution >= 0.6 is 18.8 Å². The Morgan fingerprint density at radius 2 is 0.667 bits per heavy atom. The number of nitrogens with two attached hydrogens (primary N) is 2. The van der Waals surface area contributed by atoms with Gasteiger partial charge in [0, 0.05) is 13.1 Å². The van der Waals surface area contributed by atoms with E-state index in [9.17, 15) is 0 Å². The molecule has 0 aromatic rings. The first-order chi connectivity index (χ1) is 17.8. The molecule has 0 amide bonds. The normalized spacial score (nSPS) is 7.33. The van der Waals surface area contributed by atoms with Crippen molar-refractivity contribution in [2.45, 2.75) is 51.4 Å². The molecule has 0 unspecified atom stereocenters. The van der Waals surface area contributed by atoms with E-state index in [4.69, 9.17) is 72.8 Å². The zero-order valence-electron chi connectivity index (χ0n) is 23.0. The summed E-state index contributed by atoms with van der Waals surface area (Å²) < 4.78 is 0. The molecule has 0 fully saturated rings. The zero-order valence-corrected chi connectivity index (χ0v) is 29.1. The molecule has 270 valence electrons. The van der Waals surface area contributed by atoms with Gasteiger partial charge < -0.3 is 87.8 Å². The van der Waals surface area contributed by atoms with E-state index in [2.05, 4.69) is 29.5 Å². The molecular formula is C14H48Cl2N12O12Pt2. The van der Waals surface area contributed by atoms with Crippen LogP contribution in [0.2, 0.25) is 0 Å². The van der Waals surface area contributed by atoms with Crippen LogP contribution in [0.15, 0.2) is 0 Å². The second-order valence-electron chi connectivity index (χ2n) is 5.83. The van der Waals surface area contributed by atoms with Crippen molar-refractivity contribution in [3.05, 3.63) is 50.9 Å². The molecule has 0 radical (unpaired) electrons. The van der Waals surface area contributed by atoms with E-state index in [1.807, 2.05) is 0 Å². The van der Waals surface area contributed by atoms with Crippen LogP contribution in [0.5, 0.6) is 0 Å². The van der Waals surface area contributed by atoms with Gasteiger partial charge >= 0.3 is 56.4 Å². The van der Waals surface area contributed by atoms with Gasteiger partial charge in [-0.3, -0.25) is 0 Å². The summed E-state index contributed by atoms with van der Waals surface area (Å²) in [6.07, 6.45) is 10.1. The molecule has 0 aliphatic rings. The van der Waals surface area contributed by atoms with Gasteiger partial charge in [0.1, 0.15) is 0 Å². The summed E-state index contributed by atoms with van der Waals surface area (Å²) in [5.41, 5.74) is 10.9. The van der Waals surface area contributed by atoms with Crippen LogP contribution in [-0.2, 0) is 37.5 Å². The van der Waals surface area contributed by atoms with Gasteiger partial charge in [0.05, 0.1) is 10.2 Å². The van der Waals surface area contributed by atoms with E-state index in [0.29, 0.717) is 0 Å². The van der Waals surface area contributed by atoms with E-state index in [-0.39, 0.29) is 24.6 Å². The summed E-state index contributed by atoms with van der Waals surface area (Å²) in [6, 6.07) is 0. The molecule has 0 aromatic heterocycles. The van der Waals surface area contributed by atoms with E-state index in [0.717, 1.165) is 39.3 Å². The van der Waals surface area contributed by atoms with Crippen molar-refractivity contribution in [3.8, 4) is 0 Å². The summed E-state index contributed by atoms with van der Waals surface area (Å²) in [7, 11) is 9.22. The predicted octanol–water partition coefficient (Wildman–Crippen LogP) is 2.05. The SMILES string of the molecule is N.N.N.N.NCCCCCCNCCNCCCCCCN.O=[N+]([O-])O.O=[N+]([O-])O.O=[N+]([O-])[O-].O=[N+]([O-])[O-].[Cl][Pt+].[Cl][Pt+]. The summed E-state index contributed by atoms with van der Waals surface area (Å²) in [6.45, 7) is 6.12. The second-order valence-corrected chi connectivity index (χ2v) is 5.83. The van der Waals surface area contributed by atoms with E-state index < -0.39 is 20.3 Å². The monoisotopic (exact) mass is 1040 g/mol.